The first kappa shape index (κ1) is 22.9. The zero-order chi connectivity index (χ0) is 24.1. The van der Waals surface area contributed by atoms with Crippen LogP contribution in [0.5, 0.6) is 0 Å². The summed E-state index contributed by atoms with van der Waals surface area (Å²) >= 11 is 6.20. The molecule has 4 N–H and O–H groups in total. The van der Waals surface area contributed by atoms with Crippen molar-refractivity contribution < 1.29 is 0 Å². The summed E-state index contributed by atoms with van der Waals surface area (Å²) in [5.74, 6) is 0.542. The quantitative estimate of drug-likeness (QED) is 0.387. The molecule has 0 aliphatic carbocycles. The molecule has 8 heteroatoms. The Morgan fingerprint density at radius 1 is 0.971 bits per heavy atom. The monoisotopic (exact) mass is 470 g/mol. The third-order valence-corrected chi connectivity index (χ3v) is 5.57. The predicted molar refractivity (Wildman–Crippen MR) is 138 cm³/mol. The number of halogens is 1. The minimum Gasteiger partial charge on any atom is -0.383 e. The Morgan fingerprint density at radius 3 is 2.44 bits per heavy atom. The third-order valence-electron chi connectivity index (χ3n) is 5.26. The number of aromatic nitrogens is 4. The number of nitrogens with two attached hydrogens (primary N) is 2. The Labute approximate surface area is 201 Å². The van der Waals surface area contributed by atoms with E-state index >= 15 is 0 Å². The lowest BCUT2D eigenvalue weighted by molar-refractivity contribution is 0.889. The Bertz CT molecular complexity index is 1490. The second-order valence-electron chi connectivity index (χ2n) is 7.44. The van der Waals surface area contributed by atoms with Crippen molar-refractivity contribution in [2.24, 2.45) is 0 Å². The standard InChI is InChI=1S/C17H14ClNO.C9H9N5/c1-2-13-11-12-7-6-10-15(18)16(12)17(20)19(13)14-8-4-3-5-9-14;10-8-7(5-13-9(11)14-8)6-2-1-3-12-4-6/h3-11H,2H2,1H3;1-5H,(H4,10,11,13,14). The summed E-state index contributed by atoms with van der Waals surface area (Å²) in [5.41, 5.74) is 14.5. The lowest BCUT2D eigenvalue weighted by Crippen LogP contribution is -2.22. The molecule has 3 heterocycles. The van der Waals surface area contributed by atoms with Gasteiger partial charge in [-0.3, -0.25) is 14.3 Å². The maximum absolute atomic E-state index is 12.8. The molecule has 0 unspecified atom stereocenters. The number of para-hydroxylation sites is 1. The highest BCUT2D eigenvalue weighted by atomic mass is 35.5. The van der Waals surface area contributed by atoms with E-state index in [1.54, 1.807) is 29.2 Å². The number of anilines is 2. The van der Waals surface area contributed by atoms with Gasteiger partial charge in [0.25, 0.3) is 5.56 Å². The number of benzene rings is 2. The van der Waals surface area contributed by atoms with Crippen LogP contribution in [0.25, 0.3) is 27.6 Å². The number of aryl methyl sites for hydroxylation is 1. The van der Waals surface area contributed by atoms with Gasteiger partial charge in [-0.1, -0.05) is 54.9 Å². The molecular formula is C26H23ClN6O. The fourth-order valence-corrected chi connectivity index (χ4v) is 3.91. The first-order chi connectivity index (χ1) is 16.5. The molecule has 0 saturated heterocycles. The third kappa shape index (κ3) is 4.74. The Morgan fingerprint density at radius 2 is 1.76 bits per heavy atom. The maximum atomic E-state index is 12.8. The highest BCUT2D eigenvalue weighted by Gasteiger charge is 2.12. The van der Waals surface area contributed by atoms with Gasteiger partial charge < -0.3 is 11.5 Å². The van der Waals surface area contributed by atoms with E-state index in [4.69, 9.17) is 23.1 Å². The van der Waals surface area contributed by atoms with Crippen LogP contribution in [0.1, 0.15) is 12.6 Å². The maximum Gasteiger partial charge on any atom is 0.264 e. The summed E-state index contributed by atoms with van der Waals surface area (Å²) in [7, 11) is 0. The van der Waals surface area contributed by atoms with E-state index in [0.717, 1.165) is 34.3 Å². The van der Waals surface area contributed by atoms with Crippen LogP contribution in [0.4, 0.5) is 11.8 Å². The topological polar surface area (TPSA) is 113 Å². The van der Waals surface area contributed by atoms with Crippen molar-refractivity contribution in [2.45, 2.75) is 13.3 Å². The summed E-state index contributed by atoms with van der Waals surface area (Å²) < 4.78 is 1.74. The number of hydrogen-bond acceptors (Lipinski definition) is 6. The minimum atomic E-state index is -0.0591. The zero-order valence-electron chi connectivity index (χ0n) is 18.5. The van der Waals surface area contributed by atoms with Crippen molar-refractivity contribution in [3.05, 3.63) is 106 Å². The molecule has 0 atom stereocenters. The molecule has 0 bridgehead atoms. The van der Waals surface area contributed by atoms with Gasteiger partial charge in [-0.25, -0.2) is 4.98 Å². The largest absolute Gasteiger partial charge is 0.383 e. The molecule has 34 heavy (non-hydrogen) atoms. The zero-order valence-corrected chi connectivity index (χ0v) is 19.3. The van der Waals surface area contributed by atoms with Crippen LogP contribution in [0, 0.1) is 0 Å². The molecule has 0 fully saturated rings. The molecular weight excluding hydrogens is 448 g/mol. The first-order valence-corrected chi connectivity index (χ1v) is 11.0. The normalized spacial score (nSPS) is 10.5. The molecule has 5 aromatic rings. The van der Waals surface area contributed by atoms with Crippen molar-refractivity contribution in [3.63, 3.8) is 0 Å². The van der Waals surface area contributed by atoms with E-state index in [1.165, 1.54) is 0 Å². The van der Waals surface area contributed by atoms with Crippen LogP contribution in [0.3, 0.4) is 0 Å². The Kier molecular flexibility index (Phi) is 6.85. The molecule has 0 radical (unpaired) electrons. The molecule has 0 amide bonds. The molecule has 0 aliphatic heterocycles. The van der Waals surface area contributed by atoms with Crippen LogP contribution in [-0.2, 0) is 6.42 Å². The van der Waals surface area contributed by atoms with Gasteiger partial charge in [-0.15, -0.1) is 0 Å². The van der Waals surface area contributed by atoms with Crippen molar-refractivity contribution in [2.75, 3.05) is 11.5 Å². The average molecular weight is 471 g/mol. The summed E-state index contributed by atoms with van der Waals surface area (Å²) in [6.45, 7) is 2.05. The fourth-order valence-electron chi connectivity index (χ4n) is 3.65. The van der Waals surface area contributed by atoms with Crippen LogP contribution < -0.4 is 17.0 Å². The molecule has 5 rings (SSSR count). The average Bonchev–Trinajstić information content (AvgIpc) is 2.85. The lowest BCUT2D eigenvalue weighted by atomic mass is 10.1. The molecule has 0 aliphatic rings. The Balaban J connectivity index is 0.000000172. The number of pyridine rings is 2. The first-order valence-electron chi connectivity index (χ1n) is 10.7. The van der Waals surface area contributed by atoms with E-state index in [0.29, 0.717) is 16.2 Å². The van der Waals surface area contributed by atoms with Crippen LogP contribution in [0.2, 0.25) is 5.02 Å². The van der Waals surface area contributed by atoms with Gasteiger partial charge in [0.2, 0.25) is 5.95 Å². The van der Waals surface area contributed by atoms with E-state index < -0.39 is 0 Å². The molecule has 7 nitrogen and oxygen atoms in total. The molecule has 2 aromatic carbocycles. The van der Waals surface area contributed by atoms with Crippen LogP contribution in [0.15, 0.2) is 90.1 Å². The van der Waals surface area contributed by atoms with E-state index in [9.17, 15) is 4.79 Å². The number of nitrogen functional groups attached to an aromatic ring is 2. The van der Waals surface area contributed by atoms with Crippen molar-refractivity contribution >= 4 is 34.1 Å². The summed E-state index contributed by atoms with van der Waals surface area (Å²) in [6.07, 6.45) is 5.77. The number of rotatable bonds is 3. The number of nitrogens with zero attached hydrogens (tertiary/aromatic N) is 4. The van der Waals surface area contributed by atoms with Gasteiger partial charge >= 0.3 is 0 Å². The van der Waals surface area contributed by atoms with Crippen LogP contribution in [-0.4, -0.2) is 19.5 Å². The highest BCUT2D eigenvalue weighted by Crippen LogP contribution is 2.23. The second kappa shape index (κ2) is 10.1. The number of hydrogen-bond donors (Lipinski definition) is 2. The van der Waals surface area contributed by atoms with Gasteiger partial charge in [0.15, 0.2) is 0 Å². The molecule has 3 aromatic heterocycles. The Hall–Kier alpha value is -4.23. The SMILES string of the molecule is CCc1cc2cccc(Cl)c2c(=O)n1-c1ccccc1.Nc1ncc(-c2cccnc2)c(N)n1. The van der Waals surface area contributed by atoms with Gasteiger partial charge in [-0.2, -0.15) is 4.98 Å². The molecule has 0 spiro atoms. The summed E-state index contributed by atoms with van der Waals surface area (Å²) in [4.78, 5) is 24.5. The minimum absolute atomic E-state index is 0.0591. The van der Waals surface area contributed by atoms with Gasteiger partial charge in [0.05, 0.1) is 10.4 Å². The van der Waals surface area contributed by atoms with Gasteiger partial charge in [0.1, 0.15) is 5.82 Å². The van der Waals surface area contributed by atoms with Gasteiger partial charge in [-0.05, 0) is 42.1 Å². The second-order valence-corrected chi connectivity index (χ2v) is 7.85. The predicted octanol–water partition coefficient (Wildman–Crippen LogP) is 4.91. The van der Waals surface area contributed by atoms with Crippen molar-refractivity contribution in [1.82, 2.24) is 19.5 Å². The fraction of sp³-hybridized carbons (Fsp3) is 0.0769. The van der Waals surface area contributed by atoms with E-state index in [1.807, 2.05) is 67.6 Å². The van der Waals surface area contributed by atoms with Crippen molar-refractivity contribution in [1.29, 1.82) is 0 Å². The smallest absolute Gasteiger partial charge is 0.264 e. The number of fused-ring (bicyclic) bond motifs is 1. The van der Waals surface area contributed by atoms with E-state index in [2.05, 4.69) is 15.0 Å². The lowest BCUT2D eigenvalue weighted by Gasteiger charge is -2.14. The van der Waals surface area contributed by atoms with Crippen molar-refractivity contribution in [3.8, 4) is 16.8 Å². The highest BCUT2D eigenvalue weighted by molar-refractivity contribution is 6.35. The van der Waals surface area contributed by atoms with E-state index in [-0.39, 0.29) is 11.5 Å². The summed E-state index contributed by atoms with van der Waals surface area (Å²) in [6, 6.07) is 21.0. The van der Waals surface area contributed by atoms with Crippen LogP contribution >= 0.6 is 11.6 Å². The summed E-state index contributed by atoms with van der Waals surface area (Å²) in [5, 5.41) is 1.97. The molecule has 0 saturated carbocycles. The molecule has 170 valence electrons. The van der Waals surface area contributed by atoms with Gasteiger partial charge in [0, 0.05) is 41.1 Å².